The average Bonchev–Trinajstić information content (AvgIpc) is 2.65. The minimum atomic E-state index is -0.842. The Hall–Kier alpha value is -3.50. The molecule has 2 aromatic rings. The minimum absolute atomic E-state index is 0.159. The summed E-state index contributed by atoms with van der Waals surface area (Å²) in [5.74, 6) is -0.660. The van der Waals surface area contributed by atoms with E-state index in [4.69, 9.17) is 36.8 Å². The van der Waals surface area contributed by atoms with Crippen molar-refractivity contribution in [2.75, 3.05) is 13.7 Å². The largest absolute Gasteiger partial charge is 0.493 e. The maximum absolute atomic E-state index is 12.0. The molecule has 0 atom stereocenters. The monoisotopic (exact) mass is 386 g/mol. The summed E-state index contributed by atoms with van der Waals surface area (Å²) in [6, 6.07) is 12.8. The van der Waals surface area contributed by atoms with Crippen LogP contribution in [0, 0.1) is 11.3 Å². The Kier molecular flexibility index (Phi) is 6.80. The Morgan fingerprint density at radius 2 is 2.00 bits per heavy atom. The summed E-state index contributed by atoms with van der Waals surface area (Å²) >= 11 is 5.84. The molecule has 0 aliphatic heterocycles. The van der Waals surface area contributed by atoms with Crippen molar-refractivity contribution in [2.24, 2.45) is 5.73 Å². The summed E-state index contributed by atoms with van der Waals surface area (Å²) in [7, 11) is 1.39. The van der Waals surface area contributed by atoms with Gasteiger partial charge in [-0.3, -0.25) is 4.79 Å². The topological polar surface area (TPSA) is 112 Å². The van der Waals surface area contributed by atoms with E-state index in [0.29, 0.717) is 16.3 Å². The lowest BCUT2D eigenvalue weighted by Gasteiger charge is -2.11. The number of hydrogen-bond acceptors (Lipinski definition) is 6. The maximum atomic E-state index is 12.0. The number of hydrogen-bond donors (Lipinski definition) is 1. The van der Waals surface area contributed by atoms with Gasteiger partial charge in [-0.15, -0.1) is 0 Å². The van der Waals surface area contributed by atoms with Crippen molar-refractivity contribution in [3.8, 4) is 23.3 Å². The number of carbonyl (C=O) groups is 2. The van der Waals surface area contributed by atoms with Gasteiger partial charge in [0.2, 0.25) is 0 Å². The number of methoxy groups -OCH3 is 1. The highest BCUT2D eigenvalue weighted by molar-refractivity contribution is 6.30. The fourth-order valence-corrected chi connectivity index (χ4v) is 2.21. The van der Waals surface area contributed by atoms with Gasteiger partial charge in [0, 0.05) is 5.02 Å². The number of halogens is 1. The molecule has 2 rings (SSSR count). The van der Waals surface area contributed by atoms with Crippen LogP contribution >= 0.6 is 11.6 Å². The molecule has 0 aliphatic rings. The average molecular weight is 387 g/mol. The van der Waals surface area contributed by atoms with Crippen molar-refractivity contribution in [1.29, 1.82) is 5.26 Å². The SMILES string of the molecule is COc1cc(/C=C(\C#N)C(N)=O)ccc1OC(=O)COc1cccc(Cl)c1. The van der Waals surface area contributed by atoms with Crippen LogP contribution in [-0.4, -0.2) is 25.6 Å². The lowest BCUT2D eigenvalue weighted by atomic mass is 10.1. The molecule has 0 saturated carbocycles. The molecule has 2 aromatic carbocycles. The van der Waals surface area contributed by atoms with E-state index in [1.165, 1.54) is 25.3 Å². The summed E-state index contributed by atoms with van der Waals surface area (Å²) in [4.78, 5) is 23.1. The highest BCUT2D eigenvalue weighted by Gasteiger charge is 2.12. The van der Waals surface area contributed by atoms with E-state index in [-0.39, 0.29) is 23.7 Å². The fourth-order valence-electron chi connectivity index (χ4n) is 2.03. The molecule has 7 nitrogen and oxygen atoms in total. The van der Waals surface area contributed by atoms with Crippen LogP contribution < -0.4 is 19.9 Å². The standard InChI is InChI=1S/C19H15ClN2O5/c1-25-17-8-12(7-13(10-21)19(22)24)5-6-16(17)27-18(23)11-26-15-4-2-3-14(20)9-15/h2-9H,11H2,1H3,(H2,22,24)/b13-7+. The third kappa shape index (κ3) is 5.76. The molecular weight excluding hydrogens is 372 g/mol. The minimum Gasteiger partial charge on any atom is -0.493 e. The maximum Gasteiger partial charge on any atom is 0.349 e. The van der Waals surface area contributed by atoms with Crippen LogP contribution in [0.15, 0.2) is 48.0 Å². The third-order valence-electron chi connectivity index (χ3n) is 3.26. The van der Waals surface area contributed by atoms with Gasteiger partial charge in [-0.1, -0.05) is 23.7 Å². The molecule has 138 valence electrons. The van der Waals surface area contributed by atoms with Gasteiger partial charge in [-0.2, -0.15) is 5.26 Å². The third-order valence-corrected chi connectivity index (χ3v) is 3.50. The Morgan fingerprint density at radius 1 is 1.22 bits per heavy atom. The van der Waals surface area contributed by atoms with Crippen LogP contribution in [0.1, 0.15) is 5.56 Å². The number of ether oxygens (including phenoxy) is 3. The van der Waals surface area contributed by atoms with Gasteiger partial charge in [0.1, 0.15) is 17.4 Å². The van der Waals surface area contributed by atoms with Gasteiger partial charge in [-0.25, -0.2) is 4.79 Å². The van der Waals surface area contributed by atoms with Crippen LogP contribution in [0.3, 0.4) is 0 Å². The highest BCUT2D eigenvalue weighted by Crippen LogP contribution is 2.29. The number of benzene rings is 2. The van der Waals surface area contributed by atoms with Crippen molar-refractivity contribution in [1.82, 2.24) is 0 Å². The first kappa shape index (κ1) is 19.8. The molecule has 1 amide bonds. The molecule has 0 saturated heterocycles. The van der Waals surface area contributed by atoms with E-state index >= 15 is 0 Å². The highest BCUT2D eigenvalue weighted by atomic mass is 35.5. The molecule has 0 bridgehead atoms. The molecule has 0 fully saturated rings. The van der Waals surface area contributed by atoms with Gasteiger partial charge in [0.15, 0.2) is 18.1 Å². The summed E-state index contributed by atoms with van der Waals surface area (Å²) in [6.45, 7) is -0.328. The molecular formula is C19H15ClN2O5. The molecule has 0 heterocycles. The first-order valence-electron chi connectivity index (χ1n) is 7.61. The predicted octanol–water partition coefficient (Wildman–Crippen LogP) is 2.73. The normalized spacial score (nSPS) is 10.6. The number of nitrogens with zero attached hydrogens (tertiary/aromatic N) is 1. The van der Waals surface area contributed by atoms with Gasteiger partial charge < -0.3 is 19.9 Å². The Morgan fingerprint density at radius 3 is 2.63 bits per heavy atom. The van der Waals surface area contributed by atoms with E-state index in [0.717, 1.165) is 0 Å². The number of primary amides is 1. The van der Waals surface area contributed by atoms with Crippen LogP contribution in [0.5, 0.6) is 17.2 Å². The van der Waals surface area contributed by atoms with Crippen molar-refractivity contribution in [3.05, 3.63) is 58.6 Å². The molecule has 0 radical (unpaired) electrons. The van der Waals surface area contributed by atoms with Gasteiger partial charge in [0.25, 0.3) is 5.91 Å². The van der Waals surface area contributed by atoms with Gasteiger partial charge in [-0.05, 0) is 42.0 Å². The molecule has 0 unspecified atom stereocenters. The van der Waals surface area contributed by atoms with E-state index in [2.05, 4.69) is 0 Å². The summed E-state index contributed by atoms with van der Waals surface area (Å²) in [5, 5.41) is 9.37. The van der Waals surface area contributed by atoms with Gasteiger partial charge >= 0.3 is 5.97 Å². The first-order chi connectivity index (χ1) is 12.9. The van der Waals surface area contributed by atoms with Crippen molar-refractivity contribution >= 4 is 29.6 Å². The predicted molar refractivity (Wildman–Crippen MR) is 98.4 cm³/mol. The zero-order chi connectivity index (χ0) is 19.8. The second kappa shape index (κ2) is 9.27. The van der Waals surface area contributed by atoms with Crippen molar-refractivity contribution in [3.63, 3.8) is 0 Å². The van der Waals surface area contributed by atoms with E-state index in [1.54, 1.807) is 36.4 Å². The second-order valence-corrected chi connectivity index (χ2v) is 5.60. The lowest BCUT2D eigenvalue weighted by Crippen LogP contribution is -2.18. The van der Waals surface area contributed by atoms with E-state index in [9.17, 15) is 9.59 Å². The van der Waals surface area contributed by atoms with Crippen molar-refractivity contribution in [2.45, 2.75) is 0 Å². The van der Waals surface area contributed by atoms with Crippen LogP contribution in [0.25, 0.3) is 6.08 Å². The first-order valence-corrected chi connectivity index (χ1v) is 7.99. The van der Waals surface area contributed by atoms with Crippen molar-refractivity contribution < 1.29 is 23.8 Å². The Labute approximate surface area is 160 Å². The van der Waals surface area contributed by atoms with Crippen LogP contribution in [0.2, 0.25) is 5.02 Å². The number of carbonyl (C=O) groups excluding carboxylic acids is 2. The smallest absolute Gasteiger partial charge is 0.349 e. The lowest BCUT2D eigenvalue weighted by molar-refractivity contribution is -0.136. The summed E-state index contributed by atoms with van der Waals surface area (Å²) < 4.78 is 15.7. The molecule has 8 heteroatoms. The summed E-state index contributed by atoms with van der Waals surface area (Å²) in [5.41, 5.74) is 5.37. The molecule has 0 spiro atoms. The van der Waals surface area contributed by atoms with Crippen LogP contribution in [-0.2, 0) is 9.59 Å². The molecule has 2 N–H and O–H groups in total. The number of rotatable bonds is 7. The fraction of sp³-hybridized carbons (Fsp3) is 0.105. The number of amides is 1. The number of esters is 1. The number of nitriles is 1. The second-order valence-electron chi connectivity index (χ2n) is 5.16. The Balaban J connectivity index is 2.08. The summed E-state index contributed by atoms with van der Waals surface area (Å²) in [6.07, 6.45) is 1.30. The quantitative estimate of drug-likeness (QED) is 0.339. The molecule has 0 aliphatic carbocycles. The van der Waals surface area contributed by atoms with Gasteiger partial charge in [0.05, 0.1) is 7.11 Å². The van der Waals surface area contributed by atoms with E-state index < -0.39 is 11.9 Å². The van der Waals surface area contributed by atoms with E-state index in [1.807, 2.05) is 0 Å². The Bertz CT molecular complexity index is 934. The number of nitrogens with two attached hydrogens (primary N) is 1. The molecule has 0 aromatic heterocycles. The zero-order valence-corrected chi connectivity index (χ0v) is 15.0. The zero-order valence-electron chi connectivity index (χ0n) is 14.3. The van der Waals surface area contributed by atoms with Crippen LogP contribution in [0.4, 0.5) is 0 Å². The molecule has 27 heavy (non-hydrogen) atoms.